The number of aryl methyl sites for hydroxylation is 1. The lowest BCUT2D eigenvalue weighted by Crippen LogP contribution is -2.48. The number of likely N-dealkylation sites (tertiary alicyclic amines) is 1. The first-order chi connectivity index (χ1) is 15.0. The highest BCUT2D eigenvalue weighted by molar-refractivity contribution is 5.99. The summed E-state index contributed by atoms with van der Waals surface area (Å²) in [5.74, 6) is 0.0396. The number of likely N-dealkylation sites (N-methyl/N-ethyl adjacent to an activating group) is 1. The molecule has 1 aliphatic rings. The summed E-state index contributed by atoms with van der Waals surface area (Å²) in [5.41, 5.74) is 3.05. The Bertz CT molecular complexity index is 1140. The quantitative estimate of drug-likeness (QED) is 0.659. The lowest BCUT2D eigenvalue weighted by Gasteiger charge is -2.23. The number of carbonyl (C=O) groups is 3. The van der Waals surface area contributed by atoms with Crippen LogP contribution in [0.25, 0.3) is 16.7 Å². The molecule has 1 aromatic heterocycles. The SMILES string of the molecule is CNC(=O)C1CCCN1C(=O)CNC(=O)c1ccc2c(c1)nc(C)n2-c1ccccc1. The number of amides is 3. The number of fused-ring (bicyclic) bond motifs is 1. The van der Waals surface area contributed by atoms with E-state index in [1.165, 1.54) is 4.90 Å². The van der Waals surface area contributed by atoms with E-state index in [4.69, 9.17) is 0 Å². The maximum Gasteiger partial charge on any atom is 0.251 e. The van der Waals surface area contributed by atoms with Gasteiger partial charge in [0, 0.05) is 24.8 Å². The smallest absolute Gasteiger partial charge is 0.251 e. The minimum Gasteiger partial charge on any atom is -0.357 e. The van der Waals surface area contributed by atoms with E-state index < -0.39 is 6.04 Å². The van der Waals surface area contributed by atoms with Crippen LogP contribution in [0.15, 0.2) is 48.5 Å². The van der Waals surface area contributed by atoms with Crippen molar-refractivity contribution in [1.82, 2.24) is 25.1 Å². The van der Waals surface area contributed by atoms with Gasteiger partial charge in [0.2, 0.25) is 11.8 Å². The highest BCUT2D eigenvalue weighted by Gasteiger charge is 2.33. The molecule has 1 fully saturated rings. The number of benzene rings is 2. The van der Waals surface area contributed by atoms with Crippen molar-refractivity contribution in [2.75, 3.05) is 20.1 Å². The van der Waals surface area contributed by atoms with E-state index in [2.05, 4.69) is 15.6 Å². The second kappa shape index (κ2) is 8.59. The van der Waals surface area contributed by atoms with Gasteiger partial charge in [0.1, 0.15) is 11.9 Å². The largest absolute Gasteiger partial charge is 0.357 e. The van der Waals surface area contributed by atoms with Gasteiger partial charge in [-0.3, -0.25) is 19.0 Å². The Kier molecular flexibility index (Phi) is 5.70. The average molecular weight is 419 g/mol. The molecule has 0 saturated carbocycles. The Balaban J connectivity index is 1.47. The van der Waals surface area contributed by atoms with E-state index in [9.17, 15) is 14.4 Å². The number of hydrogen-bond acceptors (Lipinski definition) is 4. The van der Waals surface area contributed by atoms with Crippen LogP contribution < -0.4 is 10.6 Å². The molecule has 8 heteroatoms. The predicted octanol–water partition coefficient (Wildman–Crippen LogP) is 1.80. The third-order valence-corrected chi connectivity index (χ3v) is 5.62. The summed E-state index contributed by atoms with van der Waals surface area (Å²) in [7, 11) is 1.56. The monoisotopic (exact) mass is 419 g/mol. The van der Waals surface area contributed by atoms with Gasteiger partial charge in [-0.1, -0.05) is 18.2 Å². The van der Waals surface area contributed by atoms with Crippen LogP contribution in [-0.2, 0) is 9.59 Å². The summed E-state index contributed by atoms with van der Waals surface area (Å²) < 4.78 is 2.03. The van der Waals surface area contributed by atoms with Crippen LogP contribution in [0, 0.1) is 6.92 Å². The second-order valence-corrected chi connectivity index (χ2v) is 7.58. The van der Waals surface area contributed by atoms with E-state index in [-0.39, 0.29) is 24.3 Å². The molecule has 4 rings (SSSR count). The zero-order chi connectivity index (χ0) is 22.0. The molecule has 31 heavy (non-hydrogen) atoms. The highest BCUT2D eigenvalue weighted by Crippen LogP contribution is 2.22. The van der Waals surface area contributed by atoms with Crippen molar-refractivity contribution in [2.45, 2.75) is 25.8 Å². The molecule has 3 aromatic rings. The first-order valence-electron chi connectivity index (χ1n) is 10.3. The molecule has 0 spiro atoms. The van der Waals surface area contributed by atoms with E-state index in [0.29, 0.717) is 24.0 Å². The summed E-state index contributed by atoms with van der Waals surface area (Å²) in [5, 5.41) is 5.26. The molecule has 1 atom stereocenters. The molecule has 2 aromatic carbocycles. The molecule has 0 aliphatic carbocycles. The second-order valence-electron chi connectivity index (χ2n) is 7.58. The van der Waals surface area contributed by atoms with Crippen molar-refractivity contribution < 1.29 is 14.4 Å². The summed E-state index contributed by atoms with van der Waals surface area (Å²) in [6, 6.07) is 14.8. The third kappa shape index (κ3) is 4.01. The van der Waals surface area contributed by atoms with Gasteiger partial charge in [-0.25, -0.2) is 4.98 Å². The standard InChI is InChI=1S/C23H25N5O3/c1-15-26-18-13-16(10-11-19(18)28(15)17-7-4-3-5-8-17)22(30)25-14-21(29)27-12-6-9-20(27)23(31)24-2/h3-5,7-8,10-11,13,20H,6,9,12,14H2,1-2H3,(H,24,31)(H,25,30). The lowest BCUT2D eigenvalue weighted by molar-refractivity contribution is -0.137. The van der Waals surface area contributed by atoms with Crippen LogP contribution in [0.1, 0.15) is 29.0 Å². The summed E-state index contributed by atoms with van der Waals surface area (Å²) in [6.07, 6.45) is 1.41. The highest BCUT2D eigenvalue weighted by atomic mass is 16.2. The molecule has 1 aliphatic heterocycles. The molecular weight excluding hydrogens is 394 g/mol. The zero-order valence-corrected chi connectivity index (χ0v) is 17.6. The van der Waals surface area contributed by atoms with Gasteiger partial charge in [0.05, 0.1) is 17.6 Å². The van der Waals surface area contributed by atoms with Crippen LogP contribution >= 0.6 is 0 Å². The molecule has 2 heterocycles. The summed E-state index contributed by atoms with van der Waals surface area (Å²) in [4.78, 5) is 43.3. The third-order valence-electron chi connectivity index (χ3n) is 5.62. The molecule has 1 unspecified atom stereocenters. The number of hydrogen-bond donors (Lipinski definition) is 2. The number of carbonyl (C=O) groups excluding carboxylic acids is 3. The fourth-order valence-corrected chi connectivity index (χ4v) is 4.11. The Morgan fingerprint density at radius 1 is 1.13 bits per heavy atom. The molecule has 0 radical (unpaired) electrons. The maximum atomic E-state index is 12.6. The first kappa shape index (κ1) is 20.6. The Hall–Kier alpha value is -3.68. The number of nitrogens with zero attached hydrogens (tertiary/aromatic N) is 3. The van der Waals surface area contributed by atoms with E-state index in [1.54, 1.807) is 19.2 Å². The predicted molar refractivity (Wildman–Crippen MR) is 117 cm³/mol. The van der Waals surface area contributed by atoms with E-state index in [0.717, 1.165) is 23.4 Å². The number of rotatable bonds is 5. The Labute approximate surface area is 180 Å². The van der Waals surface area contributed by atoms with Crippen LogP contribution in [0.4, 0.5) is 0 Å². The molecule has 2 N–H and O–H groups in total. The topological polar surface area (TPSA) is 96.3 Å². The van der Waals surface area contributed by atoms with Crippen molar-refractivity contribution in [3.8, 4) is 5.69 Å². The maximum absolute atomic E-state index is 12.6. The first-order valence-corrected chi connectivity index (χ1v) is 10.3. The lowest BCUT2D eigenvalue weighted by atomic mass is 10.2. The van der Waals surface area contributed by atoms with Crippen LogP contribution in [0.2, 0.25) is 0 Å². The fraction of sp³-hybridized carbons (Fsp3) is 0.304. The van der Waals surface area contributed by atoms with E-state index in [1.807, 2.05) is 47.9 Å². The van der Waals surface area contributed by atoms with Crippen molar-refractivity contribution in [2.24, 2.45) is 0 Å². The minimum absolute atomic E-state index is 0.151. The average Bonchev–Trinajstić information content (AvgIpc) is 3.40. The van der Waals surface area contributed by atoms with Gasteiger partial charge < -0.3 is 15.5 Å². The van der Waals surface area contributed by atoms with Crippen LogP contribution in [0.5, 0.6) is 0 Å². The summed E-state index contributed by atoms with van der Waals surface area (Å²) >= 11 is 0. The normalized spacial score (nSPS) is 15.8. The van der Waals surface area contributed by atoms with Gasteiger partial charge >= 0.3 is 0 Å². The molecule has 3 amide bonds. The van der Waals surface area contributed by atoms with Gasteiger partial charge in [0.25, 0.3) is 5.91 Å². The van der Waals surface area contributed by atoms with E-state index >= 15 is 0 Å². The molecular formula is C23H25N5O3. The van der Waals surface area contributed by atoms with Crippen molar-refractivity contribution in [3.63, 3.8) is 0 Å². The molecule has 1 saturated heterocycles. The Morgan fingerprint density at radius 2 is 1.90 bits per heavy atom. The van der Waals surface area contributed by atoms with Crippen molar-refractivity contribution >= 4 is 28.8 Å². The number of aromatic nitrogens is 2. The molecule has 0 bridgehead atoms. The van der Waals surface area contributed by atoms with Gasteiger partial charge in [0.15, 0.2) is 0 Å². The molecule has 8 nitrogen and oxygen atoms in total. The zero-order valence-electron chi connectivity index (χ0n) is 17.6. The van der Waals surface area contributed by atoms with Crippen molar-refractivity contribution in [1.29, 1.82) is 0 Å². The van der Waals surface area contributed by atoms with Gasteiger partial charge in [-0.05, 0) is 50.1 Å². The minimum atomic E-state index is -0.462. The molecule has 160 valence electrons. The van der Waals surface area contributed by atoms with Crippen molar-refractivity contribution in [3.05, 3.63) is 59.9 Å². The number of para-hydroxylation sites is 1. The van der Waals surface area contributed by atoms with Crippen LogP contribution in [-0.4, -0.2) is 58.4 Å². The van der Waals surface area contributed by atoms with Crippen LogP contribution in [0.3, 0.4) is 0 Å². The number of nitrogens with one attached hydrogen (secondary N) is 2. The fourth-order valence-electron chi connectivity index (χ4n) is 4.11. The Morgan fingerprint density at radius 3 is 2.65 bits per heavy atom. The number of imidazole rings is 1. The van der Waals surface area contributed by atoms with Gasteiger partial charge in [-0.15, -0.1) is 0 Å². The summed E-state index contributed by atoms with van der Waals surface area (Å²) in [6.45, 7) is 2.29. The van der Waals surface area contributed by atoms with Gasteiger partial charge in [-0.2, -0.15) is 0 Å².